The number of hydrogen-bond donors (Lipinski definition) is 0. The summed E-state index contributed by atoms with van der Waals surface area (Å²) in [6.07, 6.45) is 0.0402. The number of methoxy groups -OCH3 is 1. The molecule has 4 rings (SSSR count). The van der Waals surface area contributed by atoms with Crippen LogP contribution >= 0.6 is 11.3 Å². The van der Waals surface area contributed by atoms with E-state index in [4.69, 9.17) is 9.47 Å². The molecule has 2 fully saturated rings. The van der Waals surface area contributed by atoms with Crippen LogP contribution in [0, 0.1) is 11.8 Å². The summed E-state index contributed by atoms with van der Waals surface area (Å²) in [5, 5.41) is 9.16. The van der Waals surface area contributed by atoms with Crippen molar-refractivity contribution in [1.82, 2.24) is 15.1 Å². The summed E-state index contributed by atoms with van der Waals surface area (Å²) in [7, 11) is 1.66. The molecule has 1 amide bonds. The van der Waals surface area contributed by atoms with Gasteiger partial charge in [-0.2, -0.15) is 0 Å². The zero-order valence-electron chi connectivity index (χ0n) is 16.4. The number of anilines is 1. The molecular weight excluding hydrogens is 376 g/mol. The Labute approximate surface area is 169 Å². The van der Waals surface area contributed by atoms with Crippen LogP contribution < -0.4 is 9.64 Å². The molecule has 1 aromatic heterocycles. The molecule has 0 saturated carbocycles. The van der Waals surface area contributed by atoms with Gasteiger partial charge in [0.15, 0.2) is 0 Å². The van der Waals surface area contributed by atoms with Gasteiger partial charge in [0.25, 0.3) is 0 Å². The van der Waals surface area contributed by atoms with Gasteiger partial charge in [0.05, 0.1) is 19.3 Å². The topological polar surface area (TPSA) is 67.8 Å². The highest BCUT2D eigenvalue weighted by Crippen LogP contribution is 2.46. The third kappa shape index (κ3) is 3.71. The lowest BCUT2D eigenvalue weighted by Gasteiger charge is -2.30. The number of carbonyl (C=O) groups is 1. The lowest BCUT2D eigenvalue weighted by Crippen LogP contribution is -2.38. The summed E-state index contributed by atoms with van der Waals surface area (Å²) in [5.74, 6) is 1.66. The van der Waals surface area contributed by atoms with Crippen LogP contribution in [0.2, 0.25) is 0 Å². The highest BCUT2D eigenvalue weighted by atomic mass is 32.1. The van der Waals surface area contributed by atoms with Crippen LogP contribution in [0.25, 0.3) is 0 Å². The maximum absolute atomic E-state index is 12.9. The quantitative estimate of drug-likeness (QED) is 0.740. The minimum atomic E-state index is 0.0390. The number of rotatable bonds is 6. The van der Waals surface area contributed by atoms with E-state index in [1.807, 2.05) is 30.9 Å². The third-order valence-corrected chi connectivity index (χ3v) is 6.35. The molecule has 0 N–H and O–H groups in total. The number of ether oxygens (including phenoxy) is 2. The van der Waals surface area contributed by atoms with E-state index in [9.17, 15) is 4.79 Å². The lowest BCUT2D eigenvalue weighted by atomic mass is 9.89. The van der Waals surface area contributed by atoms with Crippen molar-refractivity contribution in [2.24, 2.45) is 11.8 Å². The van der Waals surface area contributed by atoms with Crippen LogP contribution in [-0.2, 0) is 9.53 Å². The normalized spacial score (nSPS) is 24.1. The second-order valence-corrected chi connectivity index (χ2v) is 8.49. The summed E-state index contributed by atoms with van der Waals surface area (Å²) < 4.78 is 10.9. The SMILES string of the molecule is COc1ccc([C@H]2[C@H]3CN(c4nncs4)C[C@H]3CN2C(=O)COC(C)C)cc1. The molecular formula is C20H26N4O3S. The average Bonchev–Trinajstić information content (AvgIpc) is 3.41. The first-order valence-corrected chi connectivity index (χ1v) is 10.5. The maximum Gasteiger partial charge on any atom is 0.249 e. The van der Waals surface area contributed by atoms with Gasteiger partial charge >= 0.3 is 0 Å². The van der Waals surface area contributed by atoms with Crippen molar-refractivity contribution in [3.8, 4) is 5.75 Å². The van der Waals surface area contributed by atoms with E-state index < -0.39 is 0 Å². The fraction of sp³-hybridized carbons (Fsp3) is 0.550. The van der Waals surface area contributed by atoms with Crippen LogP contribution in [-0.4, -0.2) is 60.5 Å². The second kappa shape index (κ2) is 8.05. The Morgan fingerprint density at radius 1 is 1.25 bits per heavy atom. The van der Waals surface area contributed by atoms with Crippen molar-refractivity contribution in [2.45, 2.75) is 26.0 Å². The molecule has 150 valence electrons. The molecule has 3 atom stereocenters. The molecule has 28 heavy (non-hydrogen) atoms. The highest BCUT2D eigenvalue weighted by Gasteiger charge is 2.49. The first-order chi connectivity index (χ1) is 13.6. The van der Waals surface area contributed by atoms with E-state index in [1.165, 1.54) is 0 Å². The maximum atomic E-state index is 12.9. The first-order valence-electron chi connectivity index (χ1n) is 9.63. The van der Waals surface area contributed by atoms with Crippen LogP contribution in [0.4, 0.5) is 5.13 Å². The molecule has 7 nitrogen and oxygen atoms in total. The van der Waals surface area contributed by atoms with Gasteiger partial charge in [0.2, 0.25) is 11.0 Å². The number of likely N-dealkylation sites (tertiary alicyclic amines) is 1. The van der Waals surface area contributed by atoms with E-state index >= 15 is 0 Å². The van der Waals surface area contributed by atoms with Gasteiger partial charge < -0.3 is 19.3 Å². The van der Waals surface area contributed by atoms with Crippen LogP contribution in [0.3, 0.4) is 0 Å². The number of benzene rings is 1. The Morgan fingerprint density at radius 3 is 2.68 bits per heavy atom. The van der Waals surface area contributed by atoms with Crippen molar-refractivity contribution in [3.63, 3.8) is 0 Å². The Hall–Kier alpha value is -2.19. The third-order valence-electron chi connectivity index (χ3n) is 5.60. The van der Waals surface area contributed by atoms with Crippen molar-refractivity contribution < 1.29 is 14.3 Å². The minimum absolute atomic E-state index is 0.0390. The number of nitrogens with zero attached hydrogens (tertiary/aromatic N) is 4. The molecule has 3 heterocycles. The number of aromatic nitrogens is 2. The van der Waals surface area contributed by atoms with E-state index in [2.05, 4.69) is 27.2 Å². The molecule has 0 spiro atoms. The van der Waals surface area contributed by atoms with E-state index in [-0.39, 0.29) is 24.7 Å². The first kappa shape index (κ1) is 19.1. The Kier molecular flexibility index (Phi) is 5.50. The summed E-state index contributed by atoms with van der Waals surface area (Å²) in [6, 6.07) is 8.12. The van der Waals surface area contributed by atoms with E-state index in [1.54, 1.807) is 24.0 Å². The summed E-state index contributed by atoms with van der Waals surface area (Å²) >= 11 is 1.57. The molecule has 8 heteroatoms. The second-order valence-electron chi connectivity index (χ2n) is 7.67. The van der Waals surface area contributed by atoms with Gasteiger partial charge in [-0.3, -0.25) is 4.79 Å². The zero-order chi connectivity index (χ0) is 19.7. The monoisotopic (exact) mass is 402 g/mol. The predicted molar refractivity (Wildman–Crippen MR) is 108 cm³/mol. The molecule has 0 radical (unpaired) electrons. The van der Waals surface area contributed by atoms with Gasteiger partial charge in [-0.25, -0.2) is 0 Å². The number of amides is 1. The average molecular weight is 403 g/mol. The molecule has 0 unspecified atom stereocenters. The Balaban J connectivity index is 1.58. The van der Waals surface area contributed by atoms with E-state index in [0.717, 1.165) is 36.1 Å². The largest absolute Gasteiger partial charge is 0.497 e. The van der Waals surface area contributed by atoms with Crippen LogP contribution in [0.15, 0.2) is 29.8 Å². The van der Waals surface area contributed by atoms with Gasteiger partial charge in [-0.1, -0.05) is 23.5 Å². The lowest BCUT2D eigenvalue weighted by molar-refractivity contribution is -0.139. The standard InChI is InChI=1S/C20H26N4O3S/c1-13(2)27-11-18(25)24-9-15-8-23(20-22-21-12-28-20)10-17(15)19(24)14-4-6-16(26-3)7-5-14/h4-7,12-13,15,17,19H,8-11H2,1-3H3/t15-,17-,19-/m0/s1. The van der Waals surface area contributed by atoms with Gasteiger partial charge in [-0.15, -0.1) is 10.2 Å². The smallest absolute Gasteiger partial charge is 0.249 e. The molecule has 0 bridgehead atoms. The van der Waals surface area contributed by atoms with Crippen molar-refractivity contribution in [2.75, 3.05) is 38.3 Å². The van der Waals surface area contributed by atoms with Crippen molar-refractivity contribution >= 4 is 22.4 Å². The molecule has 2 aliphatic rings. The summed E-state index contributed by atoms with van der Waals surface area (Å²) in [4.78, 5) is 17.3. The molecule has 2 saturated heterocycles. The zero-order valence-corrected chi connectivity index (χ0v) is 17.3. The van der Waals surface area contributed by atoms with Crippen LogP contribution in [0.1, 0.15) is 25.5 Å². The van der Waals surface area contributed by atoms with Gasteiger partial charge in [0.1, 0.15) is 17.9 Å². The van der Waals surface area contributed by atoms with Crippen LogP contribution in [0.5, 0.6) is 5.75 Å². The summed E-state index contributed by atoms with van der Waals surface area (Å²) in [5.41, 5.74) is 2.91. The highest BCUT2D eigenvalue weighted by molar-refractivity contribution is 7.13. The molecule has 2 aliphatic heterocycles. The van der Waals surface area contributed by atoms with E-state index in [0.29, 0.717) is 11.8 Å². The minimum Gasteiger partial charge on any atom is -0.497 e. The van der Waals surface area contributed by atoms with Crippen molar-refractivity contribution in [1.29, 1.82) is 0 Å². The number of fused-ring (bicyclic) bond motifs is 1. The fourth-order valence-electron chi connectivity index (χ4n) is 4.31. The van der Waals surface area contributed by atoms with Gasteiger partial charge in [-0.05, 0) is 31.5 Å². The van der Waals surface area contributed by atoms with Crippen molar-refractivity contribution in [3.05, 3.63) is 35.3 Å². The molecule has 0 aliphatic carbocycles. The Bertz CT molecular complexity index is 796. The van der Waals surface area contributed by atoms with Gasteiger partial charge in [0, 0.05) is 31.5 Å². The molecule has 2 aromatic rings. The fourth-order valence-corrected chi connectivity index (χ4v) is 4.89. The number of hydrogen-bond acceptors (Lipinski definition) is 7. The summed E-state index contributed by atoms with van der Waals surface area (Å²) in [6.45, 7) is 6.56. The predicted octanol–water partition coefficient (Wildman–Crippen LogP) is 2.61. The molecule has 1 aromatic carbocycles. The Morgan fingerprint density at radius 2 is 2.04 bits per heavy atom. The number of carbonyl (C=O) groups excluding carboxylic acids is 1.